The fraction of sp³-hybridized carbons (Fsp3) is 1.00. The molecule has 1 aliphatic rings. The van der Waals surface area contributed by atoms with Crippen molar-refractivity contribution in [3.05, 3.63) is 0 Å². The van der Waals surface area contributed by atoms with Gasteiger partial charge in [0.15, 0.2) is 0 Å². The number of piperazine rings is 1. The lowest BCUT2D eigenvalue weighted by Gasteiger charge is -2.43. The molecular formula is C13H28N2. The zero-order chi connectivity index (χ0) is 11.3. The molecule has 15 heavy (non-hydrogen) atoms. The Labute approximate surface area is 95.4 Å². The molecule has 2 unspecified atom stereocenters. The number of hydrogen-bond donors (Lipinski definition) is 1. The lowest BCUT2D eigenvalue weighted by Crippen LogP contribution is -2.57. The Morgan fingerprint density at radius 2 is 1.87 bits per heavy atom. The Morgan fingerprint density at radius 3 is 2.40 bits per heavy atom. The van der Waals surface area contributed by atoms with Crippen LogP contribution in [0.3, 0.4) is 0 Å². The maximum Gasteiger partial charge on any atom is 0.0249 e. The van der Waals surface area contributed by atoms with Crippen LogP contribution < -0.4 is 5.32 Å². The zero-order valence-corrected chi connectivity index (χ0v) is 10.9. The summed E-state index contributed by atoms with van der Waals surface area (Å²) in [6.45, 7) is 12.9. The van der Waals surface area contributed by atoms with Crippen LogP contribution in [0.2, 0.25) is 0 Å². The molecule has 0 aromatic rings. The number of rotatable bonds is 5. The third-order valence-corrected chi connectivity index (χ3v) is 4.04. The number of nitrogens with one attached hydrogen (secondary N) is 1. The van der Waals surface area contributed by atoms with Crippen molar-refractivity contribution >= 4 is 0 Å². The molecule has 0 aromatic carbocycles. The summed E-state index contributed by atoms with van der Waals surface area (Å²) < 4.78 is 0. The summed E-state index contributed by atoms with van der Waals surface area (Å²) in [4.78, 5) is 2.75. The molecule has 2 atom stereocenters. The third-order valence-electron chi connectivity index (χ3n) is 4.04. The van der Waals surface area contributed by atoms with Crippen molar-refractivity contribution in [1.29, 1.82) is 0 Å². The first-order valence-electron chi connectivity index (χ1n) is 6.70. The molecular weight excluding hydrogens is 184 g/mol. The number of hydrogen-bond acceptors (Lipinski definition) is 2. The van der Waals surface area contributed by atoms with Gasteiger partial charge in [-0.3, -0.25) is 4.90 Å². The van der Waals surface area contributed by atoms with Crippen LogP contribution in [-0.2, 0) is 0 Å². The van der Waals surface area contributed by atoms with E-state index in [1.807, 2.05) is 0 Å². The minimum atomic E-state index is 0.758. The van der Waals surface area contributed by atoms with Crippen LogP contribution in [0, 0.1) is 5.92 Å². The van der Waals surface area contributed by atoms with Gasteiger partial charge in [0.05, 0.1) is 0 Å². The molecule has 0 aliphatic carbocycles. The van der Waals surface area contributed by atoms with E-state index < -0.39 is 0 Å². The molecule has 1 fully saturated rings. The summed E-state index contributed by atoms with van der Waals surface area (Å²) in [6, 6.07) is 1.56. The van der Waals surface area contributed by atoms with Gasteiger partial charge in [0.1, 0.15) is 0 Å². The first kappa shape index (κ1) is 13.0. The quantitative estimate of drug-likeness (QED) is 0.753. The molecule has 1 saturated heterocycles. The molecule has 0 saturated carbocycles. The summed E-state index contributed by atoms with van der Waals surface area (Å²) in [6.07, 6.45) is 3.88. The van der Waals surface area contributed by atoms with Crippen molar-refractivity contribution in [2.75, 3.05) is 19.6 Å². The number of nitrogens with zero attached hydrogens (tertiary/aromatic N) is 1. The minimum Gasteiger partial charge on any atom is -0.314 e. The molecule has 0 spiro atoms. The second-order valence-electron chi connectivity index (χ2n) is 4.87. The van der Waals surface area contributed by atoms with Crippen molar-refractivity contribution in [2.24, 2.45) is 5.92 Å². The van der Waals surface area contributed by atoms with E-state index in [9.17, 15) is 0 Å². The highest BCUT2D eigenvalue weighted by molar-refractivity contribution is 4.86. The molecule has 1 rings (SSSR count). The molecule has 0 amide bonds. The summed E-state index contributed by atoms with van der Waals surface area (Å²) in [5, 5.41) is 3.54. The molecule has 0 aromatic heterocycles. The van der Waals surface area contributed by atoms with Crippen molar-refractivity contribution in [2.45, 2.75) is 59.0 Å². The topological polar surface area (TPSA) is 15.3 Å². The fourth-order valence-corrected chi connectivity index (χ4v) is 2.75. The van der Waals surface area contributed by atoms with E-state index in [1.165, 1.54) is 38.9 Å². The summed E-state index contributed by atoms with van der Waals surface area (Å²) in [7, 11) is 0. The van der Waals surface area contributed by atoms with Crippen molar-refractivity contribution < 1.29 is 0 Å². The lowest BCUT2D eigenvalue weighted by molar-refractivity contribution is 0.0664. The highest BCUT2D eigenvalue weighted by Crippen LogP contribution is 2.21. The van der Waals surface area contributed by atoms with Crippen molar-refractivity contribution in [3.8, 4) is 0 Å². The van der Waals surface area contributed by atoms with Gasteiger partial charge in [-0.15, -0.1) is 0 Å². The van der Waals surface area contributed by atoms with Gasteiger partial charge >= 0.3 is 0 Å². The van der Waals surface area contributed by atoms with E-state index in [4.69, 9.17) is 0 Å². The van der Waals surface area contributed by atoms with Crippen LogP contribution in [0.25, 0.3) is 0 Å². The van der Waals surface area contributed by atoms with E-state index in [0.717, 1.165) is 18.0 Å². The van der Waals surface area contributed by atoms with Gasteiger partial charge in [-0.25, -0.2) is 0 Å². The predicted molar refractivity (Wildman–Crippen MR) is 67.2 cm³/mol. The van der Waals surface area contributed by atoms with Gasteiger partial charge in [0.25, 0.3) is 0 Å². The van der Waals surface area contributed by atoms with E-state index >= 15 is 0 Å². The van der Waals surface area contributed by atoms with Gasteiger partial charge in [-0.05, 0) is 18.8 Å². The van der Waals surface area contributed by atoms with Crippen LogP contribution in [-0.4, -0.2) is 36.6 Å². The average Bonchev–Trinajstić information content (AvgIpc) is 2.30. The second-order valence-corrected chi connectivity index (χ2v) is 4.87. The summed E-state index contributed by atoms with van der Waals surface area (Å²) in [5.41, 5.74) is 0. The lowest BCUT2D eigenvalue weighted by atomic mass is 9.93. The van der Waals surface area contributed by atoms with E-state index in [-0.39, 0.29) is 0 Å². The molecule has 0 radical (unpaired) electrons. The molecule has 2 nitrogen and oxygen atoms in total. The van der Waals surface area contributed by atoms with Crippen LogP contribution in [0.15, 0.2) is 0 Å². The normalized spacial score (nSPS) is 25.8. The van der Waals surface area contributed by atoms with E-state index in [1.54, 1.807) is 0 Å². The Hall–Kier alpha value is -0.0800. The Kier molecular flexibility index (Phi) is 5.62. The van der Waals surface area contributed by atoms with Gasteiger partial charge in [-0.2, -0.15) is 0 Å². The zero-order valence-electron chi connectivity index (χ0n) is 10.9. The molecule has 90 valence electrons. The van der Waals surface area contributed by atoms with Gasteiger partial charge < -0.3 is 5.32 Å². The predicted octanol–water partition coefficient (Wildman–Crippen LogP) is 2.49. The summed E-state index contributed by atoms with van der Waals surface area (Å²) in [5.74, 6) is 0.818. The van der Waals surface area contributed by atoms with Gasteiger partial charge in [-0.1, -0.05) is 34.1 Å². The van der Waals surface area contributed by atoms with E-state index in [0.29, 0.717) is 0 Å². The molecule has 0 bridgehead atoms. The van der Waals surface area contributed by atoms with Crippen LogP contribution in [0.1, 0.15) is 47.0 Å². The van der Waals surface area contributed by atoms with Crippen LogP contribution in [0.5, 0.6) is 0 Å². The molecule has 2 heteroatoms. The highest BCUT2D eigenvalue weighted by atomic mass is 15.2. The SMILES string of the molecule is CCC(C)C1CNCCN1C(CC)CC. The van der Waals surface area contributed by atoms with Crippen LogP contribution in [0.4, 0.5) is 0 Å². The van der Waals surface area contributed by atoms with Crippen molar-refractivity contribution in [1.82, 2.24) is 10.2 Å². The minimum absolute atomic E-state index is 0.758. The standard InChI is InChI=1S/C13H28N2/c1-5-11(4)13-10-14-8-9-15(13)12(6-2)7-3/h11-14H,5-10H2,1-4H3. The Balaban J connectivity index is 2.63. The molecule has 1 N–H and O–H groups in total. The van der Waals surface area contributed by atoms with Gasteiger partial charge in [0, 0.05) is 31.7 Å². The third kappa shape index (κ3) is 3.18. The smallest absolute Gasteiger partial charge is 0.0249 e. The van der Waals surface area contributed by atoms with E-state index in [2.05, 4.69) is 37.9 Å². The Morgan fingerprint density at radius 1 is 1.20 bits per heavy atom. The maximum absolute atomic E-state index is 3.54. The first-order chi connectivity index (χ1) is 7.24. The molecule has 1 aliphatic heterocycles. The first-order valence-corrected chi connectivity index (χ1v) is 6.70. The fourth-order valence-electron chi connectivity index (χ4n) is 2.75. The highest BCUT2D eigenvalue weighted by Gasteiger charge is 2.29. The summed E-state index contributed by atoms with van der Waals surface area (Å²) >= 11 is 0. The molecule has 1 heterocycles. The van der Waals surface area contributed by atoms with Crippen molar-refractivity contribution in [3.63, 3.8) is 0 Å². The van der Waals surface area contributed by atoms with Gasteiger partial charge in [0.2, 0.25) is 0 Å². The Bertz CT molecular complexity index is 166. The monoisotopic (exact) mass is 212 g/mol. The van der Waals surface area contributed by atoms with Crippen LogP contribution >= 0.6 is 0 Å². The largest absolute Gasteiger partial charge is 0.314 e. The average molecular weight is 212 g/mol. The second kappa shape index (κ2) is 6.49. The maximum atomic E-state index is 3.54.